The molecule has 0 radical (unpaired) electrons. The summed E-state index contributed by atoms with van der Waals surface area (Å²) in [5.74, 6) is -0.142. The third-order valence-corrected chi connectivity index (χ3v) is 4.95. The zero-order valence-corrected chi connectivity index (χ0v) is 17.1. The van der Waals surface area contributed by atoms with Crippen molar-refractivity contribution < 1.29 is 24.9 Å². The van der Waals surface area contributed by atoms with Crippen LogP contribution in [0.1, 0.15) is 43.2 Å². The van der Waals surface area contributed by atoms with Gasteiger partial charge in [0.1, 0.15) is 0 Å². The average molecular weight is 409 g/mol. The first kappa shape index (κ1) is 22.7. The molecule has 0 aliphatic carbocycles. The molecule has 4 N–H and O–H groups in total. The maximum absolute atomic E-state index is 12.6. The second kappa shape index (κ2) is 10.9. The monoisotopic (exact) mass is 409 g/mol. The number of nitrogens with one attached hydrogen (secondary N) is 1. The summed E-state index contributed by atoms with van der Waals surface area (Å²) in [6.07, 6.45) is 2.27. The molecule has 0 heterocycles. The van der Waals surface area contributed by atoms with Crippen molar-refractivity contribution in [2.45, 2.75) is 39.0 Å². The van der Waals surface area contributed by atoms with Gasteiger partial charge in [-0.1, -0.05) is 55.8 Å². The van der Waals surface area contributed by atoms with Crippen LogP contribution in [0.2, 0.25) is 0 Å². The molecule has 0 fully saturated rings. The van der Waals surface area contributed by atoms with E-state index in [0.717, 1.165) is 35.0 Å². The van der Waals surface area contributed by atoms with Gasteiger partial charge in [-0.05, 0) is 47.9 Å². The molecule has 30 heavy (non-hydrogen) atoms. The van der Waals surface area contributed by atoms with E-state index in [1.807, 2.05) is 49.4 Å². The number of carboxylic acid groups (broad SMARTS) is 1. The Bertz CT molecular complexity index is 1020. The number of phenols is 2. The minimum absolute atomic E-state index is 0.00333. The first-order valence-electron chi connectivity index (χ1n) is 9.79. The number of carbonyl (C=O) groups excluding carboxylic acids is 1. The Hall–Kier alpha value is -3.54. The Morgan fingerprint density at radius 1 is 1.10 bits per heavy atom. The van der Waals surface area contributed by atoms with E-state index < -0.39 is 0 Å². The molecule has 0 aromatic heterocycles. The van der Waals surface area contributed by atoms with Crippen molar-refractivity contribution in [2.75, 3.05) is 5.32 Å². The molecule has 1 unspecified atom stereocenters. The minimum Gasteiger partial charge on any atom is -0.504 e. The van der Waals surface area contributed by atoms with Crippen molar-refractivity contribution in [3.63, 3.8) is 0 Å². The van der Waals surface area contributed by atoms with Crippen LogP contribution in [0.4, 0.5) is 5.69 Å². The highest BCUT2D eigenvalue weighted by molar-refractivity contribution is 5.93. The van der Waals surface area contributed by atoms with Gasteiger partial charge in [0.05, 0.1) is 0 Å². The molecule has 0 spiro atoms. The maximum Gasteiger partial charge on any atom is 0.290 e. The molecular formula is C24H27NO5. The number of rotatable bonds is 6. The van der Waals surface area contributed by atoms with Gasteiger partial charge in [0.25, 0.3) is 6.47 Å². The normalized spacial score (nSPS) is 11.3. The number of carbonyl (C=O) groups is 2. The summed E-state index contributed by atoms with van der Waals surface area (Å²) in [6, 6.07) is 16.8. The zero-order chi connectivity index (χ0) is 22.1. The Morgan fingerprint density at radius 2 is 1.80 bits per heavy atom. The van der Waals surface area contributed by atoms with Crippen molar-refractivity contribution in [1.29, 1.82) is 0 Å². The van der Waals surface area contributed by atoms with E-state index in [2.05, 4.69) is 12.2 Å². The van der Waals surface area contributed by atoms with Gasteiger partial charge < -0.3 is 20.6 Å². The molecule has 158 valence electrons. The molecule has 3 aromatic rings. The number of fused-ring (bicyclic) bond motifs is 1. The van der Waals surface area contributed by atoms with Gasteiger partial charge in [0, 0.05) is 17.5 Å². The van der Waals surface area contributed by atoms with Crippen LogP contribution < -0.4 is 5.32 Å². The van der Waals surface area contributed by atoms with Crippen LogP contribution in [0.25, 0.3) is 10.8 Å². The summed E-state index contributed by atoms with van der Waals surface area (Å²) in [5.41, 5.74) is 2.95. The van der Waals surface area contributed by atoms with Crippen molar-refractivity contribution in [1.82, 2.24) is 0 Å². The third-order valence-electron chi connectivity index (χ3n) is 4.95. The van der Waals surface area contributed by atoms with Crippen molar-refractivity contribution >= 4 is 28.8 Å². The lowest BCUT2D eigenvalue weighted by Gasteiger charge is -2.18. The quantitative estimate of drug-likeness (QED) is 0.332. The number of amides is 1. The van der Waals surface area contributed by atoms with E-state index in [0.29, 0.717) is 11.8 Å². The second-order valence-corrected chi connectivity index (χ2v) is 7.07. The van der Waals surface area contributed by atoms with Gasteiger partial charge >= 0.3 is 0 Å². The van der Waals surface area contributed by atoms with Crippen LogP contribution >= 0.6 is 0 Å². The van der Waals surface area contributed by atoms with Crippen LogP contribution in [0.3, 0.4) is 0 Å². The van der Waals surface area contributed by atoms with Gasteiger partial charge in [-0.15, -0.1) is 0 Å². The van der Waals surface area contributed by atoms with Crippen LogP contribution in [0.5, 0.6) is 11.5 Å². The van der Waals surface area contributed by atoms with Crippen LogP contribution in [-0.4, -0.2) is 27.7 Å². The lowest BCUT2D eigenvalue weighted by molar-refractivity contribution is -0.123. The zero-order valence-electron chi connectivity index (χ0n) is 17.1. The number of aromatic hydroxyl groups is 2. The van der Waals surface area contributed by atoms with Gasteiger partial charge in [-0.25, -0.2) is 0 Å². The summed E-state index contributed by atoms with van der Waals surface area (Å²) in [6.45, 7) is 3.83. The first-order chi connectivity index (χ1) is 14.4. The summed E-state index contributed by atoms with van der Waals surface area (Å²) >= 11 is 0. The number of phenolic OH excluding ortho intramolecular Hbond substituents is 2. The van der Waals surface area contributed by atoms with Gasteiger partial charge in [0.15, 0.2) is 11.5 Å². The second-order valence-electron chi connectivity index (χ2n) is 7.07. The number of hydrogen-bond acceptors (Lipinski definition) is 4. The molecule has 0 aliphatic rings. The number of benzene rings is 3. The fraction of sp³-hybridized carbons (Fsp3) is 0.250. The Kier molecular flexibility index (Phi) is 8.23. The van der Waals surface area contributed by atoms with Crippen molar-refractivity contribution in [2.24, 2.45) is 0 Å². The average Bonchev–Trinajstić information content (AvgIpc) is 2.72. The van der Waals surface area contributed by atoms with E-state index in [1.165, 1.54) is 6.07 Å². The minimum atomic E-state index is -0.250. The molecule has 1 atom stereocenters. The standard InChI is InChI=1S/C23H25NO3.CH2O2/c1-3-6-16(14-22(26)24-20-8-5-4-7-15(20)2)17-9-11-19-18(13-17)10-12-21(25)23(19)27;2-1-3/h4-5,7-13,16,25,27H,3,6,14H2,1-2H3,(H,24,26);1H,(H,2,3). The van der Waals surface area contributed by atoms with Gasteiger partial charge in [-0.3, -0.25) is 9.59 Å². The molecule has 3 aromatic carbocycles. The topological polar surface area (TPSA) is 107 Å². The van der Waals surface area contributed by atoms with E-state index in [4.69, 9.17) is 9.90 Å². The Balaban J connectivity index is 0.00000101. The number of para-hydroxylation sites is 1. The van der Waals surface area contributed by atoms with E-state index >= 15 is 0 Å². The fourth-order valence-electron chi connectivity index (χ4n) is 3.45. The first-order valence-corrected chi connectivity index (χ1v) is 9.79. The Morgan fingerprint density at radius 3 is 2.47 bits per heavy atom. The molecule has 1 amide bonds. The highest BCUT2D eigenvalue weighted by Gasteiger charge is 2.17. The predicted molar refractivity (Wildman–Crippen MR) is 118 cm³/mol. The lowest BCUT2D eigenvalue weighted by atomic mass is 9.89. The fourth-order valence-corrected chi connectivity index (χ4v) is 3.45. The number of aryl methyl sites for hydroxylation is 1. The molecule has 3 rings (SSSR count). The summed E-state index contributed by atoms with van der Waals surface area (Å²) in [5, 5.41) is 31.0. The van der Waals surface area contributed by atoms with Gasteiger partial charge in [0.2, 0.25) is 5.91 Å². The SMILES string of the molecule is CCCC(CC(=O)Nc1ccccc1C)c1ccc2c(O)c(O)ccc2c1.O=CO. The summed E-state index contributed by atoms with van der Waals surface area (Å²) in [4.78, 5) is 21.0. The van der Waals surface area contributed by atoms with Crippen molar-refractivity contribution in [3.8, 4) is 11.5 Å². The highest BCUT2D eigenvalue weighted by Crippen LogP contribution is 2.36. The summed E-state index contributed by atoms with van der Waals surface area (Å²) in [7, 11) is 0. The third kappa shape index (κ3) is 5.73. The molecule has 6 nitrogen and oxygen atoms in total. The molecule has 0 saturated carbocycles. The molecule has 6 heteroatoms. The van der Waals surface area contributed by atoms with E-state index in [-0.39, 0.29) is 29.8 Å². The Labute approximate surface area is 175 Å². The molecular weight excluding hydrogens is 382 g/mol. The lowest BCUT2D eigenvalue weighted by Crippen LogP contribution is -2.16. The predicted octanol–water partition coefficient (Wildman–Crippen LogP) is 5.17. The largest absolute Gasteiger partial charge is 0.504 e. The highest BCUT2D eigenvalue weighted by atomic mass is 16.3. The number of anilines is 1. The molecule has 0 saturated heterocycles. The van der Waals surface area contributed by atoms with Crippen LogP contribution in [0, 0.1) is 6.92 Å². The van der Waals surface area contributed by atoms with E-state index in [1.54, 1.807) is 6.07 Å². The molecule has 0 bridgehead atoms. The van der Waals surface area contributed by atoms with Crippen LogP contribution in [0.15, 0.2) is 54.6 Å². The smallest absolute Gasteiger partial charge is 0.290 e. The van der Waals surface area contributed by atoms with E-state index in [9.17, 15) is 15.0 Å². The van der Waals surface area contributed by atoms with Crippen molar-refractivity contribution in [3.05, 3.63) is 65.7 Å². The summed E-state index contributed by atoms with van der Waals surface area (Å²) < 4.78 is 0. The number of hydrogen-bond donors (Lipinski definition) is 4. The van der Waals surface area contributed by atoms with Crippen LogP contribution in [-0.2, 0) is 9.59 Å². The maximum atomic E-state index is 12.6. The van der Waals surface area contributed by atoms with Gasteiger partial charge in [-0.2, -0.15) is 0 Å². The molecule has 0 aliphatic heterocycles.